The summed E-state index contributed by atoms with van der Waals surface area (Å²) in [5.41, 5.74) is 2.04. The molecule has 1 saturated carbocycles. The standard InChI is InChI=1S/C24H30O6/c1-24(2)29-21-18(15-27-13-16-9-5-3-6-10-16)19(25)20(26)22(23(21)30-24)28-14-17-11-7-4-8-12-17/h3-12,18-23,25-26H,13-15H2,1-2H3/t18-,19-,20+,21-,22-,23-/m1/s1. The van der Waals surface area contributed by atoms with Crippen LogP contribution >= 0.6 is 0 Å². The van der Waals surface area contributed by atoms with Crippen LogP contribution in [0.5, 0.6) is 0 Å². The zero-order valence-corrected chi connectivity index (χ0v) is 17.4. The Balaban J connectivity index is 1.44. The maximum Gasteiger partial charge on any atom is 0.163 e. The molecule has 0 radical (unpaired) electrons. The van der Waals surface area contributed by atoms with Crippen LogP contribution in [0.2, 0.25) is 0 Å². The summed E-state index contributed by atoms with van der Waals surface area (Å²) in [7, 11) is 0. The first kappa shape index (κ1) is 21.4. The SMILES string of the molecule is CC1(C)O[C@H]2[C@H](OCc3ccccc3)[C@@H](O)[C@H](O)[C@@H](COCc3ccccc3)[C@H]2O1. The monoisotopic (exact) mass is 414 g/mol. The Hall–Kier alpha value is -1.80. The maximum absolute atomic E-state index is 10.9. The zero-order valence-electron chi connectivity index (χ0n) is 17.4. The van der Waals surface area contributed by atoms with Crippen molar-refractivity contribution in [3.63, 3.8) is 0 Å². The Morgan fingerprint density at radius 2 is 1.37 bits per heavy atom. The van der Waals surface area contributed by atoms with E-state index in [1.54, 1.807) is 0 Å². The predicted octanol–water partition coefficient (Wildman–Crippen LogP) is 2.66. The molecule has 6 heteroatoms. The van der Waals surface area contributed by atoms with Gasteiger partial charge >= 0.3 is 0 Å². The van der Waals surface area contributed by atoms with Crippen LogP contribution < -0.4 is 0 Å². The van der Waals surface area contributed by atoms with Crippen molar-refractivity contribution < 1.29 is 29.2 Å². The van der Waals surface area contributed by atoms with Crippen LogP contribution in [0, 0.1) is 5.92 Å². The summed E-state index contributed by atoms with van der Waals surface area (Å²) in [6, 6.07) is 19.6. The molecular formula is C24H30O6. The second-order valence-electron chi connectivity index (χ2n) is 8.47. The lowest BCUT2D eigenvalue weighted by Gasteiger charge is -2.43. The predicted molar refractivity (Wildman–Crippen MR) is 110 cm³/mol. The van der Waals surface area contributed by atoms with Gasteiger partial charge < -0.3 is 29.2 Å². The van der Waals surface area contributed by atoms with Gasteiger partial charge in [-0.15, -0.1) is 0 Å². The fourth-order valence-corrected chi connectivity index (χ4v) is 4.28. The number of ether oxygens (including phenoxy) is 4. The average Bonchev–Trinajstić information content (AvgIpc) is 3.07. The van der Waals surface area contributed by atoms with Crippen LogP contribution in [0.4, 0.5) is 0 Å². The van der Waals surface area contributed by atoms with Crippen molar-refractivity contribution in [3.8, 4) is 0 Å². The molecule has 2 aliphatic rings. The lowest BCUT2D eigenvalue weighted by atomic mass is 9.78. The third kappa shape index (κ3) is 4.75. The number of aliphatic hydroxyl groups excluding tert-OH is 2. The van der Waals surface area contributed by atoms with E-state index in [4.69, 9.17) is 18.9 Å². The Kier molecular flexibility index (Phi) is 6.53. The van der Waals surface area contributed by atoms with Crippen LogP contribution in [-0.2, 0) is 32.2 Å². The van der Waals surface area contributed by atoms with Gasteiger partial charge in [0.15, 0.2) is 5.79 Å². The van der Waals surface area contributed by atoms with Crippen LogP contribution in [-0.4, -0.2) is 53.1 Å². The first-order valence-corrected chi connectivity index (χ1v) is 10.4. The van der Waals surface area contributed by atoms with Crippen molar-refractivity contribution >= 4 is 0 Å². The molecule has 0 unspecified atom stereocenters. The molecule has 1 aliphatic heterocycles. The number of hydrogen-bond acceptors (Lipinski definition) is 6. The molecular weight excluding hydrogens is 384 g/mol. The highest BCUT2D eigenvalue weighted by molar-refractivity contribution is 5.14. The van der Waals surface area contributed by atoms with E-state index in [1.165, 1.54) is 0 Å². The number of rotatable bonds is 7. The van der Waals surface area contributed by atoms with Gasteiger partial charge in [-0.3, -0.25) is 0 Å². The first-order chi connectivity index (χ1) is 14.4. The molecule has 1 heterocycles. The maximum atomic E-state index is 10.9. The van der Waals surface area contributed by atoms with Crippen LogP contribution in [0.15, 0.2) is 60.7 Å². The third-order valence-corrected chi connectivity index (χ3v) is 5.74. The summed E-state index contributed by atoms with van der Waals surface area (Å²) in [6.07, 6.45) is -3.77. The lowest BCUT2D eigenvalue weighted by molar-refractivity contribution is -0.202. The second-order valence-corrected chi connectivity index (χ2v) is 8.47. The van der Waals surface area contributed by atoms with Gasteiger partial charge in [-0.05, 0) is 25.0 Å². The van der Waals surface area contributed by atoms with Gasteiger partial charge in [-0.25, -0.2) is 0 Å². The molecule has 6 atom stereocenters. The van der Waals surface area contributed by atoms with Crippen LogP contribution in [0.3, 0.4) is 0 Å². The van der Waals surface area contributed by atoms with E-state index in [2.05, 4.69) is 0 Å². The normalized spacial score (nSPS) is 32.7. The quantitative estimate of drug-likeness (QED) is 0.725. The van der Waals surface area contributed by atoms with Gasteiger partial charge in [0.2, 0.25) is 0 Å². The zero-order chi connectivity index (χ0) is 21.1. The Morgan fingerprint density at radius 3 is 2.00 bits per heavy atom. The fourth-order valence-electron chi connectivity index (χ4n) is 4.28. The van der Waals surface area contributed by atoms with Crippen molar-refractivity contribution in [2.24, 2.45) is 5.92 Å². The molecule has 2 N–H and O–H groups in total. The van der Waals surface area contributed by atoms with E-state index >= 15 is 0 Å². The molecule has 6 nitrogen and oxygen atoms in total. The topological polar surface area (TPSA) is 77.4 Å². The van der Waals surface area contributed by atoms with E-state index in [9.17, 15) is 10.2 Å². The number of fused-ring (bicyclic) bond motifs is 1. The number of benzene rings is 2. The third-order valence-electron chi connectivity index (χ3n) is 5.74. The second kappa shape index (κ2) is 9.14. The minimum atomic E-state index is -1.10. The van der Waals surface area contributed by atoms with Crippen molar-refractivity contribution in [2.75, 3.05) is 6.61 Å². The molecule has 2 fully saturated rings. The van der Waals surface area contributed by atoms with Gasteiger partial charge in [-0.2, -0.15) is 0 Å². The van der Waals surface area contributed by atoms with E-state index in [-0.39, 0.29) is 6.61 Å². The average molecular weight is 414 g/mol. The number of hydrogen-bond donors (Lipinski definition) is 2. The molecule has 2 aromatic carbocycles. The van der Waals surface area contributed by atoms with Gasteiger partial charge in [0, 0.05) is 5.92 Å². The fraction of sp³-hybridized carbons (Fsp3) is 0.500. The molecule has 162 valence electrons. The smallest absolute Gasteiger partial charge is 0.163 e. The van der Waals surface area contributed by atoms with Gasteiger partial charge in [0.1, 0.15) is 18.3 Å². The van der Waals surface area contributed by atoms with E-state index < -0.39 is 42.2 Å². The molecule has 4 rings (SSSR count). The highest BCUT2D eigenvalue weighted by atomic mass is 16.8. The van der Waals surface area contributed by atoms with Crippen LogP contribution in [0.1, 0.15) is 25.0 Å². The van der Waals surface area contributed by atoms with E-state index in [0.717, 1.165) is 11.1 Å². The Bertz CT molecular complexity index is 796. The van der Waals surface area contributed by atoms with E-state index in [0.29, 0.717) is 13.2 Å². The summed E-state index contributed by atoms with van der Waals surface area (Å²) < 4.78 is 24.1. The summed E-state index contributed by atoms with van der Waals surface area (Å²) >= 11 is 0. The molecule has 2 aromatic rings. The molecule has 1 aliphatic carbocycles. The summed E-state index contributed by atoms with van der Waals surface area (Å²) in [6.45, 7) is 4.66. The summed E-state index contributed by atoms with van der Waals surface area (Å²) in [4.78, 5) is 0. The van der Waals surface area contributed by atoms with Crippen molar-refractivity contribution in [1.29, 1.82) is 0 Å². The van der Waals surface area contributed by atoms with Crippen molar-refractivity contribution in [1.82, 2.24) is 0 Å². The Labute approximate surface area is 177 Å². The summed E-state index contributed by atoms with van der Waals surface area (Å²) in [5, 5.41) is 21.7. The molecule has 0 amide bonds. The highest BCUT2D eigenvalue weighted by Crippen LogP contribution is 2.41. The Morgan fingerprint density at radius 1 is 0.800 bits per heavy atom. The van der Waals surface area contributed by atoms with Crippen molar-refractivity contribution in [2.45, 2.75) is 63.4 Å². The molecule has 1 saturated heterocycles. The molecule has 0 spiro atoms. The molecule has 30 heavy (non-hydrogen) atoms. The van der Waals surface area contributed by atoms with Gasteiger partial charge in [-0.1, -0.05) is 60.7 Å². The largest absolute Gasteiger partial charge is 0.390 e. The minimum absolute atomic E-state index is 0.249. The highest BCUT2D eigenvalue weighted by Gasteiger charge is 2.58. The van der Waals surface area contributed by atoms with E-state index in [1.807, 2.05) is 74.5 Å². The molecule has 0 bridgehead atoms. The van der Waals surface area contributed by atoms with Gasteiger partial charge in [0.25, 0.3) is 0 Å². The van der Waals surface area contributed by atoms with Crippen LogP contribution in [0.25, 0.3) is 0 Å². The lowest BCUT2D eigenvalue weighted by Crippen LogP contribution is -2.61. The first-order valence-electron chi connectivity index (χ1n) is 10.4. The minimum Gasteiger partial charge on any atom is -0.390 e. The number of aliphatic hydroxyl groups is 2. The van der Waals surface area contributed by atoms with Gasteiger partial charge in [0.05, 0.1) is 32.0 Å². The summed E-state index contributed by atoms with van der Waals surface area (Å²) in [5.74, 6) is -1.25. The molecule has 0 aromatic heterocycles. The van der Waals surface area contributed by atoms with Crippen molar-refractivity contribution in [3.05, 3.63) is 71.8 Å².